The van der Waals surface area contributed by atoms with Crippen LogP contribution < -0.4 is 15.5 Å². The van der Waals surface area contributed by atoms with Crippen LogP contribution in [0.1, 0.15) is 31.4 Å². The van der Waals surface area contributed by atoms with Crippen LogP contribution in [-0.2, 0) is 4.79 Å². The molecule has 8 heteroatoms. The lowest BCUT2D eigenvalue weighted by Gasteiger charge is -2.22. The van der Waals surface area contributed by atoms with Gasteiger partial charge < -0.3 is 15.1 Å². The average molecular weight is 421 g/mol. The summed E-state index contributed by atoms with van der Waals surface area (Å²) in [4.78, 5) is 39.3. The third kappa shape index (κ3) is 4.59. The van der Waals surface area contributed by atoms with Crippen LogP contribution in [0.15, 0.2) is 53.1 Å². The molecule has 2 N–H and O–H groups in total. The van der Waals surface area contributed by atoms with Gasteiger partial charge in [-0.3, -0.25) is 19.3 Å². The lowest BCUT2D eigenvalue weighted by atomic mass is 10.1. The van der Waals surface area contributed by atoms with Gasteiger partial charge in [-0.15, -0.1) is 17.8 Å². The number of rotatable bonds is 6. The van der Waals surface area contributed by atoms with Gasteiger partial charge in [-0.05, 0) is 48.9 Å². The molecule has 0 aliphatic rings. The number of anilines is 2. The number of benzene rings is 1. The second kappa shape index (κ2) is 9.11. The highest BCUT2D eigenvalue weighted by atomic mass is 32.1. The minimum absolute atomic E-state index is 0.168. The van der Waals surface area contributed by atoms with Crippen molar-refractivity contribution in [2.45, 2.75) is 6.92 Å². The van der Waals surface area contributed by atoms with Crippen molar-refractivity contribution in [1.29, 1.82) is 0 Å². The van der Waals surface area contributed by atoms with Crippen molar-refractivity contribution in [1.82, 2.24) is 5.32 Å². The summed E-state index contributed by atoms with van der Waals surface area (Å²) in [7, 11) is 1.50. The summed E-state index contributed by atoms with van der Waals surface area (Å²) in [5.74, 6) is 1.59. The first-order valence-corrected chi connectivity index (χ1v) is 9.79. The Hall–Kier alpha value is -3.83. The lowest BCUT2D eigenvalue weighted by Crippen LogP contribution is -2.39. The van der Waals surface area contributed by atoms with E-state index in [-0.39, 0.29) is 24.1 Å². The highest BCUT2D eigenvalue weighted by molar-refractivity contribution is 7.18. The van der Waals surface area contributed by atoms with E-state index in [9.17, 15) is 14.4 Å². The molecule has 1 aromatic carbocycles. The number of furan rings is 1. The van der Waals surface area contributed by atoms with Gasteiger partial charge in [0.15, 0.2) is 5.76 Å². The van der Waals surface area contributed by atoms with Gasteiger partial charge in [-0.25, -0.2) is 0 Å². The molecule has 2 aromatic heterocycles. The van der Waals surface area contributed by atoms with Gasteiger partial charge in [0.1, 0.15) is 6.54 Å². The predicted molar refractivity (Wildman–Crippen MR) is 116 cm³/mol. The molecule has 0 fully saturated rings. The molecule has 0 aliphatic heterocycles. The molecule has 0 saturated carbocycles. The molecule has 3 amide bonds. The third-order valence-corrected chi connectivity index (χ3v) is 5.38. The minimum atomic E-state index is -0.413. The van der Waals surface area contributed by atoms with Crippen LogP contribution >= 0.6 is 11.3 Å². The van der Waals surface area contributed by atoms with E-state index in [0.29, 0.717) is 26.7 Å². The van der Waals surface area contributed by atoms with Gasteiger partial charge in [0.25, 0.3) is 11.8 Å². The average Bonchev–Trinajstić information content (AvgIpc) is 3.41. The maximum absolute atomic E-state index is 13.3. The molecular formula is C22H19N3O4S. The first-order chi connectivity index (χ1) is 14.4. The van der Waals surface area contributed by atoms with E-state index in [1.54, 1.807) is 49.4 Å². The second-order valence-electron chi connectivity index (χ2n) is 6.31. The van der Waals surface area contributed by atoms with E-state index < -0.39 is 5.91 Å². The number of amides is 3. The summed E-state index contributed by atoms with van der Waals surface area (Å²) in [6.07, 6.45) is 6.88. The number of hydrogen-bond acceptors (Lipinski definition) is 5. The van der Waals surface area contributed by atoms with Crippen LogP contribution in [0, 0.1) is 19.3 Å². The van der Waals surface area contributed by atoms with Gasteiger partial charge in [0.05, 0.1) is 16.1 Å². The van der Waals surface area contributed by atoms with Crippen molar-refractivity contribution >= 4 is 39.7 Å². The molecular weight excluding hydrogens is 402 g/mol. The van der Waals surface area contributed by atoms with E-state index in [1.165, 1.54) is 18.2 Å². The Bertz CT molecular complexity index is 1130. The molecule has 0 saturated heterocycles. The summed E-state index contributed by atoms with van der Waals surface area (Å²) in [5.41, 5.74) is 1.78. The number of likely N-dealkylation sites (N-methyl/N-ethyl adjacent to an activating group) is 1. The zero-order valence-electron chi connectivity index (χ0n) is 16.4. The van der Waals surface area contributed by atoms with Crippen LogP contribution in [0.5, 0.6) is 0 Å². The van der Waals surface area contributed by atoms with Crippen LogP contribution in [0.2, 0.25) is 0 Å². The van der Waals surface area contributed by atoms with Crippen molar-refractivity contribution in [3.05, 3.63) is 70.5 Å². The Labute approximate surface area is 177 Å². The van der Waals surface area contributed by atoms with Crippen LogP contribution in [0.25, 0.3) is 0 Å². The Morgan fingerprint density at radius 3 is 2.67 bits per heavy atom. The molecule has 3 rings (SSSR count). The van der Waals surface area contributed by atoms with E-state index >= 15 is 0 Å². The number of carbonyl (C=O) groups is 3. The number of nitrogens with one attached hydrogen (secondary N) is 2. The van der Waals surface area contributed by atoms with Crippen LogP contribution in [-0.4, -0.2) is 31.3 Å². The maximum Gasteiger partial charge on any atom is 0.291 e. The summed E-state index contributed by atoms with van der Waals surface area (Å²) in [6.45, 7) is 1.59. The van der Waals surface area contributed by atoms with Crippen molar-refractivity contribution in [2.75, 3.05) is 23.8 Å². The summed E-state index contributed by atoms with van der Waals surface area (Å²) in [6, 6.07) is 11.7. The van der Waals surface area contributed by atoms with Crippen molar-refractivity contribution in [2.24, 2.45) is 0 Å². The Morgan fingerprint density at radius 2 is 2.00 bits per heavy atom. The fraction of sp³-hybridized carbons (Fsp3) is 0.136. The van der Waals surface area contributed by atoms with E-state index in [2.05, 4.69) is 16.6 Å². The van der Waals surface area contributed by atoms with Crippen molar-refractivity contribution in [3.63, 3.8) is 0 Å². The minimum Gasteiger partial charge on any atom is -0.459 e. The number of nitrogens with zero attached hydrogens (tertiary/aromatic N) is 1. The van der Waals surface area contributed by atoms with Gasteiger partial charge >= 0.3 is 0 Å². The Balaban J connectivity index is 1.90. The summed E-state index contributed by atoms with van der Waals surface area (Å²) < 4.78 is 5.08. The van der Waals surface area contributed by atoms with Gasteiger partial charge in [-0.2, -0.15) is 0 Å². The number of hydrogen-bond donors (Lipinski definition) is 2. The fourth-order valence-electron chi connectivity index (χ4n) is 2.73. The molecule has 0 radical (unpaired) electrons. The number of carbonyl (C=O) groups excluding carboxylic acids is 3. The largest absolute Gasteiger partial charge is 0.459 e. The van der Waals surface area contributed by atoms with Crippen LogP contribution in [0.3, 0.4) is 0 Å². The van der Waals surface area contributed by atoms with E-state index in [0.717, 1.165) is 11.3 Å². The van der Waals surface area contributed by atoms with Crippen LogP contribution in [0.4, 0.5) is 10.7 Å². The molecule has 152 valence electrons. The topological polar surface area (TPSA) is 91.7 Å². The molecule has 3 aromatic rings. The number of thiophene rings is 1. The zero-order chi connectivity index (χ0) is 21.7. The molecule has 0 spiro atoms. The molecule has 2 heterocycles. The molecule has 7 nitrogen and oxygen atoms in total. The van der Waals surface area contributed by atoms with Gasteiger partial charge in [0.2, 0.25) is 5.91 Å². The molecule has 0 bridgehead atoms. The number of aryl methyl sites for hydroxylation is 1. The fourth-order valence-corrected chi connectivity index (χ4v) is 3.74. The quantitative estimate of drug-likeness (QED) is 0.598. The van der Waals surface area contributed by atoms with Gasteiger partial charge in [0, 0.05) is 18.3 Å². The maximum atomic E-state index is 13.3. The molecule has 30 heavy (non-hydrogen) atoms. The third-order valence-electron chi connectivity index (χ3n) is 4.24. The lowest BCUT2D eigenvalue weighted by molar-refractivity contribution is -0.119. The van der Waals surface area contributed by atoms with Crippen molar-refractivity contribution in [3.8, 4) is 12.3 Å². The first kappa shape index (κ1) is 20.9. The number of terminal acetylenes is 1. The zero-order valence-corrected chi connectivity index (χ0v) is 17.2. The summed E-state index contributed by atoms with van der Waals surface area (Å²) in [5, 5.41) is 5.74. The smallest absolute Gasteiger partial charge is 0.291 e. The first-order valence-electron chi connectivity index (χ1n) is 8.97. The van der Waals surface area contributed by atoms with Crippen molar-refractivity contribution < 1.29 is 18.8 Å². The highest BCUT2D eigenvalue weighted by Crippen LogP contribution is 2.30. The van der Waals surface area contributed by atoms with E-state index in [4.69, 9.17) is 10.8 Å². The second-order valence-corrected chi connectivity index (χ2v) is 7.37. The molecule has 0 unspecified atom stereocenters. The Kier molecular flexibility index (Phi) is 6.35. The standard InChI is InChI=1S/C22H19N3O4S/c1-4-15-7-5-8-16(12-15)25(13-18(26)23-3)22(28)20-14(2)11-19(30-20)24-21(27)17-9-6-10-29-17/h1,5-12H,13H2,2-3H3,(H,23,26)(H,24,27). The molecule has 0 atom stereocenters. The predicted octanol–water partition coefficient (Wildman–Crippen LogP) is 3.28. The molecule has 0 aliphatic carbocycles. The normalized spacial score (nSPS) is 10.2. The SMILES string of the molecule is C#Cc1cccc(N(CC(=O)NC)C(=O)c2sc(NC(=O)c3ccco3)cc2C)c1. The monoisotopic (exact) mass is 421 g/mol. The van der Waals surface area contributed by atoms with Gasteiger partial charge in [-0.1, -0.05) is 12.0 Å². The highest BCUT2D eigenvalue weighted by Gasteiger charge is 2.24. The Morgan fingerprint density at radius 1 is 1.20 bits per heavy atom. The van der Waals surface area contributed by atoms with E-state index in [1.807, 2.05) is 0 Å². The summed E-state index contributed by atoms with van der Waals surface area (Å²) >= 11 is 1.12.